The van der Waals surface area contributed by atoms with Crippen molar-refractivity contribution in [2.45, 2.75) is 67.4 Å². The van der Waals surface area contributed by atoms with E-state index in [2.05, 4.69) is 4.90 Å². The first-order valence-electron chi connectivity index (χ1n) is 11.9. The number of piperidine rings is 1. The number of benzene rings is 1. The number of fused-ring (bicyclic) bond motifs is 1. The topological polar surface area (TPSA) is 88.5 Å². The van der Waals surface area contributed by atoms with E-state index in [1.807, 2.05) is 23.1 Å². The van der Waals surface area contributed by atoms with E-state index in [1.54, 1.807) is 14.2 Å². The Morgan fingerprint density at radius 1 is 1.29 bits per heavy atom. The van der Waals surface area contributed by atoms with Crippen LogP contribution < -0.4 is 9.64 Å². The lowest BCUT2D eigenvalue weighted by Gasteiger charge is -2.65. The van der Waals surface area contributed by atoms with Crippen LogP contribution >= 0.6 is 11.6 Å². The Morgan fingerprint density at radius 3 is 2.60 bits per heavy atom. The highest BCUT2D eigenvalue weighted by Crippen LogP contribution is 2.68. The van der Waals surface area contributed by atoms with Gasteiger partial charge in [0.05, 0.1) is 25.7 Å². The third-order valence-electron chi connectivity index (χ3n) is 8.99. The molecule has 35 heavy (non-hydrogen) atoms. The average molecular weight is 511 g/mol. The molecule has 2 saturated heterocycles. The van der Waals surface area contributed by atoms with Crippen LogP contribution in [0.15, 0.2) is 18.2 Å². The van der Waals surface area contributed by atoms with Crippen LogP contribution in [0.1, 0.15) is 32.3 Å². The molecule has 0 aromatic heterocycles. The molecule has 0 bridgehead atoms. The summed E-state index contributed by atoms with van der Waals surface area (Å²) in [5.41, 5.74) is -2.97. The molecule has 3 fully saturated rings. The minimum atomic E-state index is -2.36. The fraction of sp³-hybridized carbons (Fsp3) is 0.680. The van der Waals surface area contributed by atoms with Crippen LogP contribution in [-0.2, 0) is 24.5 Å². The molecule has 0 radical (unpaired) electrons. The number of alkyl halides is 2. The van der Waals surface area contributed by atoms with Gasteiger partial charge in [0.25, 0.3) is 0 Å². The van der Waals surface area contributed by atoms with Crippen molar-refractivity contribution < 1.29 is 33.3 Å². The van der Waals surface area contributed by atoms with E-state index in [0.29, 0.717) is 25.3 Å². The molecule has 1 aliphatic carbocycles. The Morgan fingerprint density at radius 2 is 2.00 bits per heavy atom. The van der Waals surface area contributed by atoms with E-state index in [1.165, 1.54) is 21.0 Å². The zero-order chi connectivity index (χ0) is 25.5. The summed E-state index contributed by atoms with van der Waals surface area (Å²) < 4.78 is 32.5. The summed E-state index contributed by atoms with van der Waals surface area (Å²) in [6, 6.07) is 4.30. The molecule has 8 atom stereocenters. The Balaban J connectivity index is 1.88. The van der Waals surface area contributed by atoms with Crippen molar-refractivity contribution >= 4 is 29.2 Å². The third kappa shape index (κ3) is 2.86. The van der Waals surface area contributed by atoms with E-state index >= 15 is 4.39 Å². The second kappa shape index (κ2) is 7.95. The summed E-state index contributed by atoms with van der Waals surface area (Å²) in [4.78, 5) is 30.0. The number of hydrogen-bond donors (Lipinski definition) is 1. The molecule has 10 heteroatoms. The predicted octanol–water partition coefficient (Wildman–Crippen LogP) is 2.03. The van der Waals surface area contributed by atoms with Crippen LogP contribution in [0.5, 0.6) is 5.75 Å². The quantitative estimate of drug-likeness (QED) is 0.486. The van der Waals surface area contributed by atoms with Gasteiger partial charge < -0.3 is 24.2 Å². The molecule has 1 N–H and O–H groups in total. The van der Waals surface area contributed by atoms with Gasteiger partial charge in [0.1, 0.15) is 11.9 Å². The van der Waals surface area contributed by atoms with Crippen LogP contribution in [0, 0.1) is 5.41 Å². The number of halogens is 2. The molecule has 192 valence electrons. The molecule has 8 nitrogen and oxygen atoms in total. The normalized spacial score (nSPS) is 40.4. The van der Waals surface area contributed by atoms with Crippen LogP contribution in [0.4, 0.5) is 10.1 Å². The summed E-state index contributed by atoms with van der Waals surface area (Å²) in [5.74, 6) is -1.06. The lowest BCUT2D eigenvalue weighted by Crippen LogP contribution is -2.84. The Hall–Kier alpha value is -2.10. The number of carbonyl (C=O) groups excluding carboxylic acids is 2. The molecule has 1 aromatic carbocycles. The summed E-state index contributed by atoms with van der Waals surface area (Å²) in [5, 5.41) is 12.0. The van der Waals surface area contributed by atoms with Crippen LogP contribution in [0.2, 0.25) is 0 Å². The molecule has 4 aliphatic rings. The van der Waals surface area contributed by atoms with Crippen molar-refractivity contribution in [1.29, 1.82) is 0 Å². The maximum absolute atomic E-state index is 16.1. The summed E-state index contributed by atoms with van der Waals surface area (Å²) in [6.07, 6.45) is -2.37. The monoisotopic (exact) mass is 510 g/mol. The van der Waals surface area contributed by atoms with Crippen molar-refractivity contribution in [3.63, 3.8) is 0 Å². The summed E-state index contributed by atoms with van der Waals surface area (Å²) in [6.45, 7) is 3.73. The highest BCUT2D eigenvalue weighted by atomic mass is 35.5. The molecular formula is C25H32ClFN2O6. The van der Waals surface area contributed by atoms with Crippen LogP contribution in [0.25, 0.3) is 0 Å². The lowest BCUT2D eigenvalue weighted by atomic mass is 9.46. The van der Waals surface area contributed by atoms with E-state index < -0.39 is 58.1 Å². The molecule has 1 unspecified atom stereocenters. The van der Waals surface area contributed by atoms with Gasteiger partial charge >= 0.3 is 11.9 Å². The number of methoxy groups -OCH3 is 2. The SMILES string of the molecule is COC(=O)[C@]1(O)[C@@H]2N(C)c3cc(OC)ccc3[C@@]23CCN2CC(Cl)C[C@]([C@@H](C)F)([C@H]23)[C@H]1OC(C)=O. The number of rotatable bonds is 4. The van der Waals surface area contributed by atoms with Gasteiger partial charge in [0, 0.05) is 49.1 Å². The summed E-state index contributed by atoms with van der Waals surface area (Å²) in [7, 11) is 4.53. The highest BCUT2D eigenvalue weighted by molar-refractivity contribution is 6.21. The van der Waals surface area contributed by atoms with Crippen molar-refractivity contribution in [3.8, 4) is 5.75 Å². The second-order valence-corrected chi connectivity index (χ2v) is 11.0. The summed E-state index contributed by atoms with van der Waals surface area (Å²) >= 11 is 6.71. The lowest BCUT2D eigenvalue weighted by molar-refractivity contribution is -0.252. The number of esters is 2. The van der Waals surface area contributed by atoms with Gasteiger partial charge in [-0.2, -0.15) is 0 Å². The van der Waals surface area contributed by atoms with Crippen LogP contribution in [0.3, 0.4) is 0 Å². The maximum atomic E-state index is 16.1. The van der Waals surface area contributed by atoms with Crippen molar-refractivity contribution in [1.82, 2.24) is 4.90 Å². The number of aliphatic hydroxyl groups is 1. The molecule has 1 aromatic rings. The predicted molar refractivity (Wildman–Crippen MR) is 127 cm³/mol. The van der Waals surface area contributed by atoms with Gasteiger partial charge in [-0.3, -0.25) is 9.69 Å². The van der Waals surface area contributed by atoms with Crippen molar-refractivity contribution in [2.24, 2.45) is 5.41 Å². The first-order valence-corrected chi connectivity index (χ1v) is 12.3. The largest absolute Gasteiger partial charge is 0.497 e. The standard InChI is InChI=1S/C25H32ClFN2O6/c1-13(27)24-11-15(26)12-29-9-8-23(19(24)29)17-7-6-16(33-4)10-18(17)28(3)20(23)25(32,22(31)34-5)21(24)35-14(2)30/h6-7,10,13,15,19-21,32H,8-9,11-12H2,1-5H3/t13-,15?,19-,20-,21-,23-,24+,25+/m1/s1. The van der Waals surface area contributed by atoms with Gasteiger partial charge in [-0.05, 0) is 37.9 Å². The molecule has 3 heterocycles. The Labute approximate surface area is 209 Å². The third-order valence-corrected chi connectivity index (χ3v) is 9.28. The zero-order valence-corrected chi connectivity index (χ0v) is 21.3. The molecule has 5 rings (SSSR count). The van der Waals surface area contributed by atoms with Gasteiger partial charge in [0.2, 0.25) is 5.60 Å². The number of hydrogen-bond acceptors (Lipinski definition) is 8. The minimum Gasteiger partial charge on any atom is -0.497 e. The first kappa shape index (κ1) is 24.6. The van der Waals surface area contributed by atoms with Crippen molar-refractivity contribution in [3.05, 3.63) is 23.8 Å². The number of likely N-dealkylation sites (N-methyl/N-ethyl adjacent to an activating group) is 1. The van der Waals surface area contributed by atoms with Crippen molar-refractivity contribution in [2.75, 3.05) is 39.3 Å². The van der Waals surface area contributed by atoms with E-state index in [4.69, 9.17) is 25.8 Å². The maximum Gasteiger partial charge on any atom is 0.344 e. The van der Waals surface area contributed by atoms with Gasteiger partial charge in [-0.1, -0.05) is 6.07 Å². The number of nitrogens with zero attached hydrogens (tertiary/aromatic N) is 2. The molecule has 1 saturated carbocycles. The number of anilines is 1. The smallest absolute Gasteiger partial charge is 0.344 e. The Bertz CT molecular complexity index is 1070. The molecule has 3 aliphatic heterocycles. The minimum absolute atomic E-state index is 0.133. The second-order valence-electron chi connectivity index (χ2n) is 10.4. The fourth-order valence-electron chi connectivity index (χ4n) is 8.10. The zero-order valence-electron chi connectivity index (χ0n) is 20.6. The molecular weight excluding hydrogens is 479 g/mol. The average Bonchev–Trinajstić information content (AvgIpc) is 3.31. The van der Waals surface area contributed by atoms with Crippen LogP contribution in [-0.4, -0.2) is 91.6 Å². The van der Waals surface area contributed by atoms with E-state index in [0.717, 1.165) is 11.3 Å². The van der Waals surface area contributed by atoms with Gasteiger partial charge in [-0.15, -0.1) is 11.6 Å². The number of carbonyl (C=O) groups is 2. The Kier molecular flexibility index (Phi) is 5.58. The first-order chi connectivity index (χ1) is 16.5. The molecule has 1 spiro atoms. The number of ether oxygens (including phenoxy) is 3. The van der Waals surface area contributed by atoms with E-state index in [9.17, 15) is 14.7 Å². The fourth-order valence-corrected chi connectivity index (χ4v) is 8.55. The van der Waals surface area contributed by atoms with E-state index in [-0.39, 0.29) is 6.42 Å². The van der Waals surface area contributed by atoms with Gasteiger partial charge in [-0.25, -0.2) is 9.18 Å². The van der Waals surface area contributed by atoms with Gasteiger partial charge in [0.15, 0.2) is 6.10 Å². The highest BCUT2D eigenvalue weighted by Gasteiger charge is 2.82. The molecule has 0 amide bonds.